The summed E-state index contributed by atoms with van der Waals surface area (Å²) in [5, 5.41) is 14.1. The van der Waals surface area contributed by atoms with Crippen molar-refractivity contribution >= 4 is 5.69 Å². The lowest BCUT2D eigenvalue weighted by Gasteiger charge is -2.23. The van der Waals surface area contributed by atoms with Crippen LogP contribution in [0.4, 0.5) is 5.69 Å². The third-order valence-corrected chi connectivity index (χ3v) is 3.01. The molecule has 0 aliphatic carbocycles. The van der Waals surface area contributed by atoms with E-state index in [4.69, 9.17) is 9.47 Å². The Morgan fingerprint density at radius 1 is 1.58 bits per heavy atom. The number of ether oxygens (including phenoxy) is 2. The summed E-state index contributed by atoms with van der Waals surface area (Å²) in [4.78, 5) is 10.7. The molecule has 2 rings (SSSR count). The van der Waals surface area contributed by atoms with Crippen LogP contribution in [-0.2, 0) is 11.3 Å². The summed E-state index contributed by atoms with van der Waals surface area (Å²) in [6.45, 7) is 1.83. The summed E-state index contributed by atoms with van der Waals surface area (Å²) >= 11 is 0. The third kappa shape index (κ3) is 3.65. The largest absolute Gasteiger partial charge is 0.481 e. The van der Waals surface area contributed by atoms with Crippen LogP contribution in [-0.4, -0.2) is 31.3 Å². The van der Waals surface area contributed by atoms with Crippen LogP contribution < -0.4 is 10.1 Å². The first-order valence-electron chi connectivity index (χ1n) is 6.37. The van der Waals surface area contributed by atoms with Crippen LogP contribution in [0.15, 0.2) is 18.2 Å². The Labute approximate surface area is 111 Å². The van der Waals surface area contributed by atoms with Gasteiger partial charge in [0.05, 0.1) is 11.5 Å². The Morgan fingerprint density at radius 2 is 2.42 bits per heavy atom. The third-order valence-electron chi connectivity index (χ3n) is 3.01. The zero-order valence-electron chi connectivity index (χ0n) is 10.9. The normalized spacial score (nSPS) is 19.1. The fourth-order valence-electron chi connectivity index (χ4n) is 2.10. The number of rotatable bonds is 5. The number of benzene rings is 1. The van der Waals surface area contributed by atoms with Gasteiger partial charge in [-0.3, -0.25) is 10.1 Å². The highest BCUT2D eigenvalue weighted by Gasteiger charge is 2.21. The van der Waals surface area contributed by atoms with Crippen molar-refractivity contribution in [1.82, 2.24) is 5.32 Å². The highest BCUT2D eigenvalue weighted by molar-refractivity contribution is 5.48. The molecule has 6 heteroatoms. The Kier molecular flexibility index (Phi) is 4.70. The van der Waals surface area contributed by atoms with Crippen molar-refractivity contribution in [3.05, 3.63) is 33.9 Å². The van der Waals surface area contributed by atoms with E-state index >= 15 is 0 Å². The molecule has 1 fully saturated rings. The summed E-state index contributed by atoms with van der Waals surface area (Å²) in [5.74, 6) is 0.320. The maximum atomic E-state index is 11.1. The van der Waals surface area contributed by atoms with Gasteiger partial charge in [-0.25, -0.2) is 0 Å². The molecule has 104 valence electrons. The first-order valence-corrected chi connectivity index (χ1v) is 6.37. The second-order valence-corrected chi connectivity index (χ2v) is 4.55. The van der Waals surface area contributed by atoms with Gasteiger partial charge in [-0.15, -0.1) is 0 Å². The van der Waals surface area contributed by atoms with E-state index in [1.54, 1.807) is 19.2 Å². The Hall–Kier alpha value is -1.66. The molecule has 0 bridgehead atoms. The number of hydrogen-bond donors (Lipinski definition) is 1. The van der Waals surface area contributed by atoms with Crippen molar-refractivity contribution in [2.75, 3.05) is 20.3 Å². The first kappa shape index (κ1) is 13.8. The summed E-state index contributed by atoms with van der Waals surface area (Å²) < 4.78 is 11.0. The topological polar surface area (TPSA) is 73.6 Å². The van der Waals surface area contributed by atoms with E-state index in [1.807, 2.05) is 6.07 Å². The molecule has 1 atom stereocenters. The van der Waals surface area contributed by atoms with Gasteiger partial charge < -0.3 is 14.8 Å². The first-order chi connectivity index (χ1) is 9.20. The second-order valence-electron chi connectivity index (χ2n) is 4.55. The van der Waals surface area contributed by atoms with Gasteiger partial charge in [0.2, 0.25) is 0 Å². The monoisotopic (exact) mass is 266 g/mol. The molecular formula is C13H18N2O4. The van der Waals surface area contributed by atoms with E-state index < -0.39 is 4.92 Å². The summed E-state index contributed by atoms with van der Waals surface area (Å²) in [6.07, 6.45) is 1.70. The zero-order valence-corrected chi connectivity index (χ0v) is 10.9. The number of nitrogens with one attached hydrogen (secondary N) is 1. The van der Waals surface area contributed by atoms with Crippen molar-refractivity contribution in [2.24, 2.45) is 0 Å². The standard InChI is InChI=1S/C13H18N2O4/c1-14-8-10-4-5-13(12(7-10)15(16)17)19-11-3-2-6-18-9-11/h4-5,7,11,14H,2-3,6,8-9H2,1H3. The molecule has 0 saturated carbocycles. The van der Waals surface area contributed by atoms with E-state index in [9.17, 15) is 10.1 Å². The van der Waals surface area contributed by atoms with Crippen LogP contribution >= 0.6 is 0 Å². The lowest BCUT2D eigenvalue weighted by atomic mass is 10.1. The Balaban J connectivity index is 2.15. The minimum absolute atomic E-state index is 0.0123. The predicted octanol–water partition coefficient (Wildman–Crippen LogP) is 1.87. The average molecular weight is 266 g/mol. The van der Waals surface area contributed by atoms with Crippen LogP contribution in [0.5, 0.6) is 5.75 Å². The fourth-order valence-corrected chi connectivity index (χ4v) is 2.10. The maximum absolute atomic E-state index is 11.1. The molecular weight excluding hydrogens is 248 g/mol. The molecule has 6 nitrogen and oxygen atoms in total. The molecule has 1 heterocycles. The summed E-state index contributed by atoms with van der Waals surface area (Å²) in [6, 6.07) is 5.05. The quantitative estimate of drug-likeness (QED) is 0.650. The second kappa shape index (κ2) is 6.49. The van der Waals surface area contributed by atoms with E-state index in [0.717, 1.165) is 25.0 Å². The average Bonchev–Trinajstić information content (AvgIpc) is 2.42. The Morgan fingerprint density at radius 3 is 3.05 bits per heavy atom. The molecule has 0 aromatic heterocycles. The molecule has 0 spiro atoms. The van der Waals surface area contributed by atoms with Crippen molar-refractivity contribution < 1.29 is 14.4 Å². The molecule has 1 saturated heterocycles. The van der Waals surface area contributed by atoms with Gasteiger partial charge >= 0.3 is 5.69 Å². The molecule has 19 heavy (non-hydrogen) atoms. The minimum atomic E-state index is -0.405. The summed E-state index contributed by atoms with van der Waals surface area (Å²) in [5.41, 5.74) is 0.875. The van der Waals surface area contributed by atoms with Gasteiger partial charge in [-0.2, -0.15) is 0 Å². The lowest BCUT2D eigenvalue weighted by Crippen LogP contribution is -2.28. The van der Waals surface area contributed by atoms with Crippen LogP contribution in [0.1, 0.15) is 18.4 Å². The van der Waals surface area contributed by atoms with Crippen LogP contribution in [0.3, 0.4) is 0 Å². The predicted molar refractivity (Wildman–Crippen MR) is 70.3 cm³/mol. The highest BCUT2D eigenvalue weighted by atomic mass is 16.6. The van der Waals surface area contributed by atoms with Crippen LogP contribution in [0, 0.1) is 10.1 Å². The lowest BCUT2D eigenvalue weighted by molar-refractivity contribution is -0.386. The number of nitro benzene ring substituents is 1. The molecule has 1 aliphatic rings. The van der Waals surface area contributed by atoms with Crippen LogP contribution in [0.2, 0.25) is 0 Å². The van der Waals surface area contributed by atoms with Crippen molar-refractivity contribution in [3.63, 3.8) is 0 Å². The smallest absolute Gasteiger partial charge is 0.311 e. The Bertz CT molecular complexity index is 444. The number of nitrogens with zero attached hydrogens (tertiary/aromatic N) is 1. The molecule has 1 N–H and O–H groups in total. The zero-order chi connectivity index (χ0) is 13.7. The molecule has 1 aliphatic heterocycles. The maximum Gasteiger partial charge on any atom is 0.311 e. The van der Waals surface area contributed by atoms with Crippen molar-refractivity contribution in [2.45, 2.75) is 25.5 Å². The molecule has 1 unspecified atom stereocenters. The van der Waals surface area contributed by atoms with E-state index in [1.165, 1.54) is 0 Å². The van der Waals surface area contributed by atoms with Gasteiger partial charge in [0, 0.05) is 19.2 Å². The van der Waals surface area contributed by atoms with Gasteiger partial charge in [-0.1, -0.05) is 6.07 Å². The highest BCUT2D eigenvalue weighted by Crippen LogP contribution is 2.30. The van der Waals surface area contributed by atoms with Gasteiger partial charge in [0.25, 0.3) is 0 Å². The van der Waals surface area contributed by atoms with Gasteiger partial charge in [0.1, 0.15) is 6.10 Å². The fraction of sp³-hybridized carbons (Fsp3) is 0.538. The molecule has 0 radical (unpaired) electrons. The van der Waals surface area contributed by atoms with Gasteiger partial charge in [0.15, 0.2) is 5.75 Å². The minimum Gasteiger partial charge on any atom is -0.481 e. The molecule has 1 aromatic carbocycles. The van der Waals surface area contributed by atoms with E-state index in [-0.39, 0.29) is 11.8 Å². The van der Waals surface area contributed by atoms with E-state index in [0.29, 0.717) is 18.9 Å². The molecule has 0 amide bonds. The number of hydrogen-bond acceptors (Lipinski definition) is 5. The molecule has 1 aromatic rings. The summed E-state index contributed by atoms with van der Waals surface area (Å²) in [7, 11) is 1.80. The number of nitro groups is 1. The van der Waals surface area contributed by atoms with Gasteiger partial charge in [-0.05, 0) is 31.5 Å². The van der Waals surface area contributed by atoms with Crippen LogP contribution in [0.25, 0.3) is 0 Å². The van der Waals surface area contributed by atoms with Crippen molar-refractivity contribution in [3.8, 4) is 5.75 Å². The SMILES string of the molecule is CNCc1ccc(OC2CCCOC2)c([N+](=O)[O-])c1. The van der Waals surface area contributed by atoms with Crippen molar-refractivity contribution in [1.29, 1.82) is 0 Å². The van der Waals surface area contributed by atoms with E-state index in [2.05, 4.69) is 5.32 Å².